The van der Waals surface area contributed by atoms with Crippen LogP contribution < -0.4 is 10.6 Å². The Labute approximate surface area is 129 Å². The van der Waals surface area contributed by atoms with Crippen LogP contribution >= 0.6 is 0 Å². The van der Waals surface area contributed by atoms with Crippen molar-refractivity contribution < 1.29 is 14.3 Å². The Hall–Kier alpha value is -0.810. The molecule has 124 valence electrons. The average Bonchev–Trinajstić information content (AvgIpc) is 2.41. The van der Waals surface area contributed by atoms with E-state index in [4.69, 9.17) is 9.47 Å². The van der Waals surface area contributed by atoms with Crippen LogP contribution in [0.4, 0.5) is 4.79 Å². The van der Waals surface area contributed by atoms with E-state index in [-0.39, 0.29) is 12.1 Å². The lowest BCUT2D eigenvalue weighted by atomic mass is 10.0. The predicted octanol–water partition coefficient (Wildman–Crippen LogP) is 2.84. The molecule has 0 radical (unpaired) electrons. The largest absolute Gasteiger partial charge is 0.444 e. The quantitative estimate of drug-likeness (QED) is 0.792. The third-order valence-corrected chi connectivity index (χ3v) is 3.69. The highest BCUT2D eigenvalue weighted by atomic mass is 16.6. The van der Waals surface area contributed by atoms with Crippen LogP contribution in [-0.4, -0.2) is 43.0 Å². The van der Waals surface area contributed by atoms with Crippen LogP contribution in [0.15, 0.2) is 0 Å². The number of carbonyl (C=O) groups is 1. The number of carbonyl (C=O) groups excluding carboxylic acids is 1. The second-order valence-corrected chi connectivity index (χ2v) is 6.78. The topological polar surface area (TPSA) is 59.6 Å². The SMILES string of the molecule is CCC(CNC1CCOC(CC)C1)NC(=O)OC(C)(C)C. The fraction of sp³-hybridized carbons (Fsp3) is 0.938. The molecule has 3 atom stereocenters. The summed E-state index contributed by atoms with van der Waals surface area (Å²) < 4.78 is 11.0. The number of ether oxygens (including phenoxy) is 2. The third-order valence-electron chi connectivity index (χ3n) is 3.69. The molecule has 0 bridgehead atoms. The molecule has 1 saturated heterocycles. The second kappa shape index (κ2) is 8.59. The standard InChI is InChI=1S/C16H32N2O3/c1-6-12(18-15(19)21-16(3,4)5)11-17-13-8-9-20-14(7-2)10-13/h12-14,17H,6-11H2,1-5H3,(H,18,19). The molecule has 0 aromatic carbocycles. The molecule has 2 N–H and O–H groups in total. The molecule has 0 aliphatic carbocycles. The van der Waals surface area contributed by atoms with Crippen LogP contribution in [0.5, 0.6) is 0 Å². The molecule has 0 spiro atoms. The summed E-state index contributed by atoms with van der Waals surface area (Å²) in [6.07, 6.45) is 4.07. The first-order chi connectivity index (χ1) is 9.84. The monoisotopic (exact) mass is 300 g/mol. The zero-order chi connectivity index (χ0) is 15.9. The Morgan fingerprint density at radius 2 is 2.10 bits per heavy atom. The van der Waals surface area contributed by atoms with Crippen LogP contribution in [0.25, 0.3) is 0 Å². The molecule has 1 rings (SSSR count). The Balaban J connectivity index is 2.32. The van der Waals surface area contributed by atoms with Crippen molar-refractivity contribution in [3.05, 3.63) is 0 Å². The molecule has 1 fully saturated rings. The van der Waals surface area contributed by atoms with Gasteiger partial charge in [0.15, 0.2) is 0 Å². The minimum Gasteiger partial charge on any atom is -0.444 e. The van der Waals surface area contributed by atoms with Crippen molar-refractivity contribution in [1.29, 1.82) is 0 Å². The number of nitrogens with one attached hydrogen (secondary N) is 2. The molecule has 1 amide bonds. The minimum absolute atomic E-state index is 0.0998. The maximum absolute atomic E-state index is 11.8. The van der Waals surface area contributed by atoms with Gasteiger partial charge in [0.25, 0.3) is 0 Å². The summed E-state index contributed by atoms with van der Waals surface area (Å²) in [6, 6.07) is 0.584. The van der Waals surface area contributed by atoms with E-state index in [1.54, 1.807) is 0 Å². The average molecular weight is 300 g/mol. The number of amides is 1. The van der Waals surface area contributed by atoms with Gasteiger partial charge in [-0.2, -0.15) is 0 Å². The van der Waals surface area contributed by atoms with Crippen LogP contribution in [-0.2, 0) is 9.47 Å². The summed E-state index contributed by atoms with van der Waals surface area (Å²) in [7, 11) is 0. The van der Waals surface area contributed by atoms with Gasteiger partial charge in [0.05, 0.1) is 6.10 Å². The van der Waals surface area contributed by atoms with Gasteiger partial charge in [-0.25, -0.2) is 4.79 Å². The van der Waals surface area contributed by atoms with E-state index in [0.717, 1.165) is 38.8 Å². The highest BCUT2D eigenvalue weighted by molar-refractivity contribution is 5.68. The highest BCUT2D eigenvalue weighted by Gasteiger charge is 2.23. The molecular formula is C16H32N2O3. The zero-order valence-electron chi connectivity index (χ0n) is 14.2. The van der Waals surface area contributed by atoms with Crippen molar-refractivity contribution in [2.75, 3.05) is 13.2 Å². The summed E-state index contributed by atoms with van der Waals surface area (Å²) in [5.41, 5.74) is -0.454. The van der Waals surface area contributed by atoms with Crippen molar-refractivity contribution >= 4 is 6.09 Å². The maximum Gasteiger partial charge on any atom is 0.407 e. The summed E-state index contributed by atoms with van der Waals surface area (Å²) in [5.74, 6) is 0. The molecule has 0 aromatic rings. The third kappa shape index (κ3) is 7.67. The van der Waals surface area contributed by atoms with E-state index in [0.29, 0.717) is 12.1 Å². The Bertz CT molecular complexity index is 315. The molecule has 1 heterocycles. The first-order valence-electron chi connectivity index (χ1n) is 8.18. The second-order valence-electron chi connectivity index (χ2n) is 6.78. The van der Waals surface area contributed by atoms with Gasteiger partial charge in [-0.3, -0.25) is 0 Å². The van der Waals surface area contributed by atoms with Gasteiger partial charge >= 0.3 is 6.09 Å². The van der Waals surface area contributed by atoms with Gasteiger partial charge in [-0.15, -0.1) is 0 Å². The molecule has 1 aliphatic rings. The normalized spacial score (nSPS) is 24.4. The van der Waals surface area contributed by atoms with E-state index in [1.807, 2.05) is 20.8 Å². The van der Waals surface area contributed by atoms with Crippen LogP contribution in [0.2, 0.25) is 0 Å². The van der Waals surface area contributed by atoms with E-state index in [1.165, 1.54) is 0 Å². The van der Waals surface area contributed by atoms with E-state index in [2.05, 4.69) is 24.5 Å². The number of rotatable bonds is 6. The van der Waals surface area contributed by atoms with Gasteiger partial charge in [-0.1, -0.05) is 13.8 Å². The minimum atomic E-state index is -0.454. The van der Waals surface area contributed by atoms with Crippen LogP contribution in [0.3, 0.4) is 0 Å². The molecule has 0 aromatic heterocycles. The van der Waals surface area contributed by atoms with E-state index >= 15 is 0 Å². The van der Waals surface area contributed by atoms with E-state index in [9.17, 15) is 4.79 Å². The van der Waals surface area contributed by atoms with Crippen molar-refractivity contribution in [2.24, 2.45) is 0 Å². The first kappa shape index (κ1) is 18.2. The number of hydrogen-bond acceptors (Lipinski definition) is 4. The summed E-state index contributed by atoms with van der Waals surface area (Å²) >= 11 is 0. The molecule has 5 nitrogen and oxygen atoms in total. The lowest BCUT2D eigenvalue weighted by molar-refractivity contribution is -0.000536. The van der Waals surface area contributed by atoms with Crippen molar-refractivity contribution in [3.8, 4) is 0 Å². The molecule has 21 heavy (non-hydrogen) atoms. The summed E-state index contributed by atoms with van der Waals surface area (Å²) in [6.45, 7) is 11.5. The Morgan fingerprint density at radius 3 is 2.67 bits per heavy atom. The van der Waals surface area contributed by atoms with Crippen molar-refractivity contribution in [3.63, 3.8) is 0 Å². The van der Waals surface area contributed by atoms with Gasteiger partial charge in [0.2, 0.25) is 0 Å². The molecule has 1 aliphatic heterocycles. The van der Waals surface area contributed by atoms with E-state index < -0.39 is 5.60 Å². The fourth-order valence-corrected chi connectivity index (χ4v) is 2.43. The Kier molecular flexibility index (Phi) is 7.46. The lowest BCUT2D eigenvalue weighted by Crippen LogP contribution is -2.48. The number of alkyl carbamates (subject to hydrolysis) is 1. The molecule has 0 saturated carbocycles. The Morgan fingerprint density at radius 1 is 1.38 bits per heavy atom. The predicted molar refractivity (Wildman–Crippen MR) is 84.5 cm³/mol. The van der Waals surface area contributed by atoms with Gasteiger partial charge in [0, 0.05) is 25.2 Å². The molecular weight excluding hydrogens is 268 g/mol. The molecule has 5 heteroatoms. The first-order valence-corrected chi connectivity index (χ1v) is 8.18. The van der Waals surface area contributed by atoms with Crippen LogP contribution in [0, 0.1) is 0 Å². The highest BCUT2D eigenvalue weighted by Crippen LogP contribution is 2.16. The molecule has 3 unspecified atom stereocenters. The summed E-state index contributed by atoms with van der Waals surface area (Å²) in [4.78, 5) is 11.8. The fourth-order valence-electron chi connectivity index (χ4n) is 2.43. The number of hydrogen-bond donors (Lipinski definition) is 2. The van der Waals surface area contributed by atoms with Crippen molar-refractivity contribution in [2.45, 2.75) is 84.1 Å². The summed E-state index contributed by atoms with van der Waals surface area (Å²) in [5, 5.41) is 6.49. The van der Waals surface area contributed by atoms with Gasteiger partial charge in [0.1, 0.15) is 5.60 Å². The lowest BCUT2D eigenvalue weighted by Gasteiger charge is -2.31. The van der Waals surface area contributed by atoms with Gasteiger partial charge in [-0.05, 0) is 46.5 Å². The zero-order valence-corrected chi connectivity index (χ0v) is 14.2. The van der Waals surface area contributed by atoms with Crippen LogP contribution in [0.1, 0.15) is 60.3 Å². The van der Waals surface area contributed by atoms with Gasteiger partial charge < -0.3 is 20.1 Å². The van der Waals surface area contributed by atoms with Crippen molar-refractivity contribution in [1.82, 2.24) is 10.6 Å². The maximum atomic E-state index is 11.8. The smallest absolute Gasteiger partial charge is 0.407 e.